The zero-order chi connectivity index (χ0) is 13.3. The maximum absolute atomic E-state index is 9.54. The van der Waals surface area contributed by atoms with Crippen LogP contribution in [0, 0.1) is 0 Å². The molecule has 2 aromatic rings. The Kier molecular flexibility index (Phi) is 3.46. The number of aromatic nitrogens is 1. The van der Waals surface area contributed by atoms with Gasteiger partial charge in [-0.1, -0.05) is 46.6 Å². The van der Waals surface area contributed by atoms with E-state index in [1.807, 2.05) is 18.2 Å². The number of aliphatic hydroxyl groups is 1. The molecule has 0 saturated heterocycles. The first-order valence-electron chi connectivity index (χ1n) is 6.50. The van der Waals surface area contributed by atoms with Gasteiger partial charge in [0.25, 0.3) is 0 Å². The van der Waals surface area contributed by atoms with Crippen LogP contribution in [0.5, 0.6) is 0 Å². The van der Waals surface area contributed by atoms with Crippen molar-refractivity contribution in [2.45, 2.75) is 36.6 Å². The van der Waals surface area contributed by atoms with Gasteiger partial charge in [0.05, 0.1) is 23.5 Å². The normalized spacial score (nSPS) is 17.2. The molecule has 0 bridgehead atoms. The Morgan fingerprint density at radius 2 is 2.11 bits per heavy atom. The molecular formula is C15H16BrNO2. The highest BCUT2D eigenvalue weighted by Crippen LogP contribution is 2.49. The molecule has 4 heteroatoms. The van der Waals surface area contributed by atoms with Gasteiger partial charge in [0.15, 0.2) is 0 Å². The minimum atomic E-state index is -0.139. The van der Waals surface area contributed by atoms with Gasteiger partial charge in [0.2, 0.25) is 5.89 Å². The number of hydrogen-bond acceptors (Lipinski definition) is 3. The summed E-state index contributed by atoms with van der Waals surface area (Å²) in [5.41, 5.74) is 1.99. The third-order valence-electron chi connectivity index (χ3n) is 4.01. The third-order valence-corrected chi connectivity index (χ3v) is 4.56. The van der Waals surface area contributed by atoms with Gasteiger partial charge >= 0.3 is 0 Å². The highest BCUT2D eigenvalue weighted by atomic mass is 79.9. The number of aliphatic hydroxyl groups excluding tert-OH is 1. The van der Waals surface area contributed by atoms with E-state index in [4.69, 9.17) is 4.42 Å². The average Bonchev–Trinajstić information content (AvgIpc) is 2.87. The van der Waals surface area contributed by atoms with Crippen LogP contribution in [0.1, 0.15) is 42.0 Å². The molecule has 3 nitrogen and oxygen atoms in total. The molecule has 0 atom stereocenters. The minimum Gasteiger partial charge on any atom is -0.444 e. The van der Waals surface area contributed by atoms with Crippen LogP contribution in [-0.4, -0.2) is 10.1 Å². The van der Waals surface area contributed by atoms with Gasteiger partial charge in [-0.3, -0.25) is 0 Å². The van der Waals surface area contributed by atoms with Crippen molar-refractivity contribution in [3.8, 4) is 0 Å². The number of rotatable bonds is 4. The number of alkyl halides is 1. The molecular weight excluding hydrogens is 306 g/mol. The molecule has 0 radical (unpaired) electrons. The second-order valence-corrected chi connectivity index (χ2v) is 5.58. The first kappa shape index (κ1) is 12.9. The summed E-state index contributed by atoms with van der Waals surface area (Å²) in [6.45, 7) is 0.0595. The third kappa shape index (κ3) is 2.03. The predicted molar refractivity (Wildman–Crippen MR) is 76.1 cm³/mol. The van der Waals surface area contributed by atoms with E-state index in [1.54, 1.807) is 6.20 Å². The molecule has 1 aliphatic rings. The zero-order valence-electron chi connectivity index (χ0n) is 10.6. The van der Waals surface area contributed by atoms with Gasteiger partial charge in [-0.25, -0.2) is 4.98 Å². The van der Waals surface area contributed by atoms with E-state index in [-0.39, 0.29) is 12.0 Å². The van der Waals surface area contributed by atoms with E-state index in [0.717, 1.165) is 35.6 Å². The maximum atomic E-state index is 9.54. The number of halogens is 1. The largest absolute Gasteiger partial charge is 0.444 e. The van der Waals surface area contributed by atoms with Crippen molar-refractivity contribution in [1.82, 2.24) is 4.98 Å². The fraction of sp³-hybridized carbons (Fsp3) is 0.400. The predicted octanol–water partition coefficient (Wildman–Crippen LogP) is 3.53. The standard InChI is InChI=1S/C15H16BrNO2/c16-8-12-9-17-14(19-12)15(6-3-7-15)13-5-2-1-4-11(13)10-18/h1-2,4-5,9,18H,3,6-8,10H2. The van der Waals surface area contributed by atoms with Gasteiger partial charge in [0, 0.05) is 0 Å². The smallest absolute Gasteiger partial charge is 0.205 e. The molecule has 1 heterocycles. The summed E-state index contributed by atoms with van der Waals surface area (Å²) in [5, 5.41) is 10.2. The molecule has 1 fully saturated rings. The van der Waals surface area contributed by atoms with Crippen molar-refractivity contribution in [3.05, 3.63) is 53.2 Å². The number of nitrogens with zero attached hydrogens (tertiary/aromatic N) is 1. The van der Waals surface area contributed by atoms with Gasteiger partial charge in [0.1, 0.15) is 5.76 Å². The van der Waals surface area contributed by atoms with Gasteiger partial charge in [-0.15, -0.1) is 0 Å². The van der Waals surface area contributed by atoms with Crippen molar-refractivity contribution in [3.63, 3.8) is 0 Å². The van der Waals surface area contributed by atoms with Crippen LogP contribution in [0.3, 0.4) is 0 Å². The van der Waals surface area contributed by atoms with Gasteiger partial charge in [-0.05, 0) is 24.0 Å². The molecule has 1 aromatic heterocycles. The lowest BCUT2D eigenvalue weighted by atomic mass is 9.63. The molecule has 1 N–H and O–H groups in total. The van der Waals surface area contributed by atoms with Crippen LogP contribution in [0.2, 0.25) is 0 Å². The van der Waals surface area contributed by atoms with Crippen molar-refractivity contribution >= 4 is 15.9 Å². The van der Waals surface area contributed by atoms with Crippen LogP contribution in [0.4, 0.5) is 0 Å². The molecule has 0 aliphatic heterocycles. The first-order chi connectivity index (χ1) is 9.30. The second-order valence-electron chi connectivity index (χ2n) is 5.02. The summed E-state index contributed by atoms with van der Waals surface area (Å²) in [5.74, 6) is 1.64. The lowest BCUT2D eigenvalue weighted by molar-refractivity contribution is 0.225. The van der Waals surface area contributed by atoms with E-state index in [9.17, 15) is 5.11 Å². The number of oxazole rings is 1. The molecule has 3 rings (SSSR count). The average molecular weight is 322 g/mol. The summed E-state index contributed by atoms with van der Waals surface area (Å²) in [4.78, 5) is 4.45. The molecule has 0 spiro atoms. The quantitative estimate of drug-likeness (QED) is 0.876. The first-order valence-corrected chi connectivity index (χ1v) is 7.63. The lowest BCUT2D eigenvalue weighted by Crippen LogP contribution is -2.36. The molecule has 19 heavy (non-hydrogen) atoms. The Morgan fingerprint density at radius 3 is 2.68 bits per heavy atom. The SMILES string of the molecule is OCc1ccccc1C1(c2ncc(CBr)o2)CCC1. The zero-order valence-corrected chi connectivity index (χ0v) is 12.2. The Morgan fingerprint density at radius 1 is 1.32 bits per heavy atom. The monoisotopic (exact) mass is 321 g/mol. The Balaban J connectivity index is 2.08. The Hall–Kier alpha value is -1.13. The fourth-order valence-electron chi connectivity index (χ4n) is 2.84. The Bertz CT molecular complexity index is 575. The molecule has 0 unspecified atom stereocenters. The van der Waals surface area contributed by atoms with E-state index in [2.05, 4.69) is 27.0 Å². The van der Waals surface area contributed by atoms with Gasteiger partial charge < -0.3 is 9.52 Å². The molecule has 1 aliphatic carbocycles. The van der Waals surface area contributed by atoms with E-state index in [1.165, 1.54) is 6.42 Å². The summed E-state index contributed by atoms with van der Waals surface area (Å²) >= 11 is 3.39. The van der Waals surface area contributed by atoms with Crippen LogP contribution in [-0.2, 0) is 17.4 Å². The summed E-state index contributed by atoms with van der Waals surface area (Å²) in [6.07, 6.45) is 5.02. The topological polar surface area (TPSA) is 46.3 Å². The fourth-order valence-corrected chi connectivity index (χ4v) is 3.10. The Labute approximate surface area is 120 Å². The summed E-state index contributed by atoms with van der Waals surface area (Å²) in [6, 6.07) is 8.04. The van der Waals surface area contributed by atoms with Crippen LogP contribution < -0.4 is 0 Å². The highest BCUT2D eigenvalue weighted by molar-refractivity contribution is 9.08. The van der Waals surface area contributed by atoms with E-state index < -0.39 is 0 Å². The minimum absolute atomic E-state index is 0.0595. The van der Waals surface area contributed by atoms with E-state index in [0.29, 0.717) is 5.33 Å². The van der Waals surface area contributed by atoms with Crippen molar-refractivity contribution < 1.29 is 9.52 Å². The van der Waals surface area contributed by atoms with Crippen molar-refractivity contribution in [2.24, 2.45) is 0 Å². The molecule has 0 amide bonds. The van der Waals surface area contributed by atoms with Crippen molar-refractivity contribution in [1.29, 1.82) is 0 Å². The summed E-state index contributed by atoms with van der Waals surface area (Å²) < 4.78 is 5.85. The summed E-state index contributed by atoms with van der Waals surface area (Å²) in [7, 11) is 0. The van der Waals surface area contributed by atoms with Crippen LogP contribution >= 0.6 is 15.9 Å². The number of hydrogen-bond donors (Lipinski definition) is 1. The molecule has 100 valence electrons. The molecule has 1 aromatic carbocycles. The van der Waals surface area contributed by atoms with Crippen molar-refractivity contribution in [2.75, 3.05) is 0 Å². The second kappa shape index (κ2) is 5.10. The lowest BCUT2D eigenvalue weighted by Gasteiger charge is -2.40. The number of benzene rings is 1. The van der Waals surface area contributed by atoms with E-state index >= 15 is 0 Å². The van der Waals surface area contributed by atoms with Gasteiger partial charge in [-0.2, -0.15) is 0 Å². The molecule has 1 saturated carbocycles. The van der Waals surface area contributed by atoms with Crippen LogP contribution in [0.25, 0.3) is 0 Å². The highest BCUT2D eigenvalue weighted by Gasteiger charge is 2.45. The maximum Gasteiger partial charge on any atom is 0.205 e. The van der Waals surface area contributed by atoms with Crippen LogP contribution in [0.15, 0.2) is 34.9 Å².